The van der Waals surface area contributed by atoms with Crippen LogP contribution < -0.4 is 10.1 Å². The van der Waals surface area contributed by atoms with Crippen molar-refractivity contribution in [3.05, 3.63) is 53.3 Å². The van der Waals surface area contributed by atoms with Gasteiger partial charge < -0.3 is 14.8 Å². The molecule has 1 unspecified atom stereocenters. The van der Waals surface area contributed by atoms with Gasteiger partial charge in [-0.3, -0.25) is 15.2 Å². The highest BCUT2D eigenvalue weighted by atomic mass is 19.3. The Morgan fingerprint density at radius 2 is 2.27 bits per heavy atom. The number of benzene rings is 1. The molecule has 1 saturated heterocycles. The number of ether oxygens (including phenoxy) is 2. The van der Waals surface area contributed by atoms with E-state index in [1.807, 2.05) is 0 Å². The van der Waals surface area contributed by atoms with Gasteiger partial charge in [0, 0.05) is 23.9 Å². The zero-order chi connectivity index (χ0) is 18.5. The maximum Gasteiger partial charge on any atom is 0.387 e. The molecule has 1 fully saturated rings. The summed E-state index contributed by atoms with van der Waals surface area (Å²) in [5, 5.41) is 11.7. The van der Waals surface area contributed by atoms with Gasteiger partial charge in [0.25, 0.3) is 0 Å². The number of pyridine rings is 1. The first-order valence-corrected chi connectivity index (χ1v) is 8.00. The number of nitrogens with zero attached hydrogens (tertiary/aromatic N) is 1. The van der Waals surface area contributed by atoms with E-state index in [0.717, 1.165) is 6.42 Å². The topological polar surface area (TPSA) is 84.3 Å². The number of anilines is 1. The number of alkyl halides is 2. The summed E-state index contributed by atoms with van der Waals surface area (Å²) >= 11 is 0. The lowest BCUT2D eigenvalue weighted by molar-refractivity contribution is -0.0498. The molecule has 8 heteroatoms. The van der Waals surface area contributed by atoms with E-state index in [2.05, 4.69) is 15.0 Å². The average Bonchev–Trinajstić information content (AvgIpc) is 3.14. The Labute approximate surface area is 148 Å². The minimum Gasteiger partial charge on any atom is -0.435 e. The highest BCUT2D eigenvalue weighted by Gasteiger charge is 2.20. The third-order valence-electron chi connectivity index (χ3n) is 3.92. The van der Waals surface area contributed by atoms with Gasteiger partial charge in [-0.25, -0.2) is 0 Å². The van der Waals surface area contributed by atoms with Crippen LogP contribution in [0.25, 0.3) is 0 Å². The number of hydrogen-bond donors (Lipinski definition) is 2. The van der Waals surface area contributed by atoms with Crippen molar-refractivity contribution < 1.29 is 23.0 Å². The van der Waals surface area contributed by atoms with Gasteiger partial charge in [-0.2, -0.15) is 8.78 Å². The van der Waals surface area contributed by atoms with Crippen LogP contribution in [0.3, 0.4) is 0 Å². The molecule has 0 bridgehead atoms. The summed E-state index contributed by atoms with van der Waals surface area (Å²) < 4.78 is 34.5. The first-order valence-electron chi connectivity index (χ1n) is 8.00. The van der Waals surface area contributed by atoms with E-state index in [1.165, 1.54) is 24.4 Å². The van der Waals surface area contributed by atoms with E-state index in [9.17, 15) is 13.6 Å². The molecule has 2 heterocycles. The Balaban J connectivity index is 1.91. The molecule has 1 aromatic carbocycles. The molecule has 1 aliphatic rings. The molecule has 1 aliphatic heterocycles. The number of hydrogen-bond acceptors (Lipinski definition) is 6. The molecule has 0 spiro atoms. The predicted molar refractivity (Wildman–Crippen MR) is 91.5 cm³/mol. The standard InChI is InChI=1S/C18H17F2N3O3/c19-18(20)26-14-3-1-2-12(7-14)16(21)17-15(6-11(9-24)8-22-17)23-13-4-5-25-10-13/h1-3,6-9,13,18,21,23H,4-5,10H2. The van der Waals surface area contributed by atoms with Crippen LogP contribution in [0.4, 0.5) is 14.5 Å². The third-order valence-corrected chi connectivity index (χ3v) is 3.92. The van der Waals surface area contributed by atoms with Gasteiger partial charge in [-0.05, 0) is 24.6 Å². The fourth-order valence-electron chi connectivity index (χ4n) is 2.69. The highest BCUT2D eigenvalue weighted by Crippen LogP contribution is 2.23. The maximum atomic E-state index is 12.4. The van der Waals surface area contributed by atoms with Gasteiger partial charge in [0.2, 0.25) is 0 Å². The molecule has 6 nitrogen and oxygen atoms in total. The number of halogens is 2. The van der Waals surface area contributed by atoms with Gasteiger partial charge >= 0.3 is 6.61 Å². The Hall–Kier alpha value is -2.87. The van der Waals surface area contributed by atoms with Crippen LogP contribution in [-0.2, 0) is 4.74 Å². The number of aldehydes is 1. The zero-order valence-corrected chi connectivity index (χ0v) is 13.7. The van der Waals surface area contributed by atoms with E-state index in [1.54, 1.807) is 12.1 Å². The minimum atomic E-state index is -2.94. The summed E-state index contributed by atoms with van der Waals surface area (Å²) in [4.78, 5) is 15.3. The Bertz CT molecular complexity index is 808. The summed E-state index contributed by atoms with van der Waals surface area (Å²) in [6.07, 6.45) is 2.84. The quantitative estimate of drug-likeness (QED) is 0.585. The molecule has 2 aromatic rings. The van der Waals surface area contributed by atoms with E-state index < -0.39 is 6.61 Å². The van der Waals surface area contributed by atoms with Gasteiger partial charge in [-0.1, -0.05) is 12.1 Å². The second-order valence-electron chi connectivity index (χ2n) is 5.77. The van der Waals surface area contributed by atoms with Crippen LogP contribution >= 0.6 is 0 Å². The van der Waals surface area contributed by atoms with Crippen molar-refractivity contribution >= 4 is 17.7 Å². The van der Waals surface area contributed by atoms with Crippen molar-refractivity contribution in [1.82, 2.24) is 4.98 Å². The molecule has 1 aromatic heterocycles. The first kappa shape index (κ1) is 17.9. The predicted octanol–water partition coefficient (Wildman–Crippen LogP) is 3.11. The summed E-state index contributed by atoms with van der Waals surface area (Å²) in [6.45, 7) is -1.78. The van der Waals surface area contributed by atoms with Gasteiger partial charge in [0.15, 0.2) is 6.29 Å². The van der Waals surface area contributed by atoms with E-state index in [-0.39, 0.29) is 17.5 Å². The van der Waals surface area contributed by atoms with Crippen molar-refractivity contribution in [2.75, 3.05) is 18.5 Å². The van der Waals surface area contributed by atoms with Crippen molar-refractivity contribution in [3.8, 4) is 5.75 Å². The zero-order valence-electron chi connectivity index (χ0n) is 13.7. The molecule has 1 atom stereocenters. The fraction of sp³-hybridized carbons (Fsp3) is 0.278. The monoisotopic (exact) mass is 361 g/mol. The van der Waals surface area contributed by atoms with Crippen molar-refractivity contribution in [2.24, 2.45) is 0 Å². The summed E-state index contributed by atoms with van der Waals surface area (Å²) in [7, 11) is 0. The lowest BCUT2D eigenvalue weighted by atomic mass is 10.0. The molecule has 3 rings (SSSR count). The molecule has 0 saturated carbocycles. The number of carbonyl (C=O) groups is 1. The van der Waals surface area contributed by atoms with Crippen molar-refractivity contribution in [3.63, 3.8) is 0 Å². The van der Waals surface area contributed by atoms with Crippen molar-refractivity contribution in [1.29, 1.82) is 5.41 Å². The number of carbonyl (C=O) groups excluding carboxylic acids is 1. The van der Waals surface area contributed by atoms with Crippen molar-refractivity contribution in [2.45, 2.75) is 19.1 Å². The van der Waals surface area contributed by atoms with Crippen LogP contribution in [-0.4, -0.2) is 42.8 Å². The van der Waals surface area contributed by atoms with Crippen LogP contribution in [0.5, 0.6) is 5.75 Å². The summed E-state index contributed by atoms with van der Waals surface area (Å²) in [6, 6.07) is 7.55. The Morgan fingerprint density at radius 3 is 2.96 bits per heavy atom. The normalized spacial score (nSPS) is 16.5. The van der Waals surface area contributed by atoms with Gasteiger partial charge in [0.1, 0.15) is 11.4 Å². The summed E-state index contributed by atoms with van der Waals surface area (Å²) in [5.74, 6) is -0.0366. The molecule has 0 amide bonds. The van der Waals surface area contributed by atoms with Gasteiger partial charge in [-0.15, -0.1) is 0 Å². The third kappa shape index (κ3) is 4.20. The number of nitrogens with one attached hydrogen (secondary N) is 2. The minimum absolute atomic E-state index is 0.0311. The Kier molecular flexibility index (Phi) is 5.52. The van der Waals surface area contributed by atoms with Crippen LogP contribution in [0.1, 0.15) is 28.0 Å². The molecule has 0 aliphatic carbocycles. The largest absolute Gasteiger partial charge is 0.435 e. The van der Waals surface area contributed by atoms with Crippen LogP contribution in [0.2, 0.25) is 0 Å². The average molecular weight is 361 g/mol. The Morgan fingerprint density at radius 1 is 1.42 bits per heavy atom. The van der Waals surface area contributed by atoms with Crippen LogP contribution in [0.15, 0.2) is 36.5 Å². The second-order valence-corrected chi connectivity index (χ2v) is 5.77. The number of rotatable bonds is 7. The van der Waals surface area contributed by atoms with E-state index in [0.29, 0.717) is 42.0 Å². The lowest BCUT2D eigenvalue weighted by Crippen LogP contribution is -2.21. The summed E-state index contributed by atoms with van der Waals surface area (Å²) in [5.41, 5.74) is 1.62. The second kappa shape index (κ2) is 8.01. The molecule has 0 radical (unpaired) electrons. The first-order chi connectivity index (χ1) is 12.6. The van der Waals surface area contributed by atoms with Gasteiger partial charge in [0.05, 0.1) is 24.0 Å². The number of aromatic nitrogens is 1. The lowest BCUT2D eigenvalue weighted by Gasteiger charge is -2.17. The highest BCUT2D eigenvalue weighted by molar-refractivity contribution is 6.13. The molecular weight excluding hydrogens is 344 g/mol. The SMILES string of the molecule is N=C(c1cccc(OC(F)F)c1)c1ncc(C=O)cc1NC1CCOC1. The molecule has 26 heavy (non-hydrogen) atoms. The fourth-order valence-corrected chi connectivity index (χ4v) is 2.69. The maximum absolute atomic E-state index is 12.4. The molecular formula is C18H17F2N3O3. The molecule has 2 N–H and O–H groups in total. The van der Waals surface area contributed by atoms with Crippen LogP contribution in [0, 0.1) is 5.41 Å². The van der Waals surface area contributed by atoms with E-state index in [4.69, 9.17) is 10.1 Å². The van der Waals surface area contributed by atoms with E-state index >= 15 is 0 Å². The smallest absolute Gasteiger partial charge is 0.387 e. The molecule has 136 valence electrons.